The first-order valence-electron chi connectivity index (χ1n) is 6.85. The second-order valence-corrected chi connectivity index (χ2v) is 7.06. The zero-order valence-corrected chi connectivity index (χ0v) is 13.8. The van der Waals surface area contributed by atoms with Crippen LogP contribution in [0.25, 0.3) is 0 Å². The number of Topliss-reactive ketones (excluding diaryl/α,β-unsaturated/α-hetero) is 3. The van der Waals surface area contributed by atoms with Crippen molar-refractivity contribution < 1.29 is 19.1 Å². The molecule has 1 aromatic carbocycles. The highest BCUT2D eigenvalue weighted by atomic mass is 35.5. The lowest BCUT2D eigenvalue weighted by Crippen LogP contribution is -2.43. The van der Waals surface area contributed by atoms with Crippen molar-refractivity contribution in [3.05, 3.63) is 28.2 Å². The quantitative estimate of drug-likeness (QED) is 0.785. The Bertz CT molecular complexity index is 617. The van der Waals surface area contributed by atoms with E-state index in [1.54, 1.807) is 6.07 Å². The minimum atomic E-state index is -1.21. The summed E-state index contributed by atoms with van der Waals surface area (Å²) in [5.41, 5.74) is -0.384. The van der Waals surface area contributed by atoms with Crippen LogP contribution in [0, 0.1) is 11.3 Å². The molecule has 4 nitrogen and oxygen atoms in total. The standard InChI is InChI=1S/C16H16Cl2O4/c1-16(2)6-11(19)15(12(20)7-16)13(21)8-22-14-4-3-9(17)5-10(14)18/h3-5,15H,6-8H2,1-2H3. The molecule has 0 bridgehead atoms. The van der Waals surface area contributed by atoms with Gasteiger partial charge in [-0.25, -0.2) is 0 Å². The summed E-state index contributed by atoms with van der Waals surface area (Å²) in [6.07, 6.45) is 0.438. The zero-order valence-electron chi connectivity index (χ0n) is 12.3. The van der Waals surface area contributed by atoms with Crippen LogP contribution in [0.1, 0.15) is 26.7 Å². The van der Waals surface area contributed by atoms with Crippen LogP contribution in [-0.2, 0) is 14.4 Å². The molecule has 2 rings (SSSR count). The summed E-state index contributed by atoms with van der Waals surface area (Å²) in [6, 6.07) is 4.60. The van der Waals surface area contributed by atoms with E-state index in [1.165, 1.54) is 12.1 Å². The van der Waals surface area contributed by atoms with Gasteiger partial charge in [0.2, 0.25) is 0 Å². The largest absolute Gasteiger partial charge is 0.484 e. The van der Waals surface area contributed by atoms with E-state index in [0.717, 1.165) is 0 Å². The first kappa shape index (κ1) is 17.0. The third-order valence-corrected chi connectivity index (χ3v) is 4.07. The number of hydrogen-bond acceptors (Lipinski definition) is 4. The Hall–Kier alpha value is -1.39. The van der Waals surface area contributed by atoms with E-state index >= 15 is 0 Å². The second-order valence-electron chi connectivity index (χ2n) is 6.21. The minimum absolute atomic E-state index is 0.219. The first-order valence-corrected chi connectivity index (χ1v) is 7.61. The molecule has 0 N–H and O–H groups in total. The molecule has 0 unspecified atom stereocenters. The maximum Gasteiger partial charge on any atom is 0.188 e. The van der Waals surface area contributed by atoms with Gasteiger partial charge in [0.1, 0.15) is 18.3 Å². The molecule has 1 aliphatic carbocycles. The van der Waals surface area contributed by atoms with Gasteiger partial charge in [-0.15, -0.1) is 0 Å². The zero-order chi connectivity index (χ0) is 16.5. The predicted molar refractivity (Wildman–Crippen MR) is 83.5 cm³/mol. The molecule has 1 fully saturated rings. The third-order valence-electron chi connectivity index (χ3n) is 3.54. The van der Waals surface area contributed by atoms with Gasteiger partial charge in [-0.05, 0) is 23.6 Å². The number of rotatable bonds is 4. The fourth-order valence-corrected chi connectivity index (χ4v) is 3.04. The van der Waals surface area contributed by atoms with E-state index in [2.05, 4.69) is 0 Å². The van der Waals surface area contributed by atoms with Gasteiger partial charge in [0, 0.05) is 17.9 Å². The number of carbonyl (C=O) groups is 3. The normalized spacial score (nSPS) is 18.4. The maximum atomic E-state index is 12.1. The molecule has 0 aromatic heterocycles. The van der Waals surface area contributed by atoms with Gasteiger partial charge in [-0.2, -0.15) is 0 Å². The summed E-state index contributed by atoms with van der Waals surface area (Å²) in [5, 5.41) is 0.714. The highest BCUT2D eigenvalue weighted by Crippen LogP contribution is 2.34. The van der Waals surface area contributed by atoms with Crippen LogP contribution in [-0.4, -0.2) is 24.0 Å². The van der Waals surface area contributed by atoms with E-state index in [-0.39, 0.29) is 47.2 Å². The number of hydrogen-bond donors (Lipinski definition) is 0. The molecule has 0 radical (unpaired) electrons. The van der Waals surface area contributed by atoms with Crippen molar-refractivity contribution in [2.45, 2.75) is 26.7 Å². The van der Waals surface area contributed by atoms with Gasteiger partial charge >= 0.3 is 0 Å². The van der Waals surface area contributed by atoms with Crippen LogP contribution in [0.3, 0.4) is 0 Å². The Morgan fingerprint density at radius 1 is 1.23 bits per heavy atom. The lowest BCUT2D eigenvalue weighted by Gasteiger charge is -2.31. The van der Waals surface area contributed by atoms with Crippen molar-refractivity contribution in [3.8, 4) is 5.75 Å². The third kappa shape index (κ3) is 3.87. The van der Waals surface area contributed by atoms with Gasteiger partial charge in [0.25, 0.3) is 0 Å². The monoisotopic (exact) mass is 342 g/mol. The van der Waals surface area contributed by atoms with E-state index in [0.29, 0.717) is 5.02 Å². The van der Waals surface area contributed by atoms with Crippen molar-refractivity contribution in [1.82, 2.24) is 0 Å². The SMILES string of the molecule is CC1(C)CC(=O)C(C(=O)COc2ccc(Cl)cc2Cl)C(=O)C1. The van der Waals surface area contributed by atoms with E-state index in [9.17, 15) is 14.4 Å². The van der Waals surface area contributed by atoms with Crippen molar-refractivity contribution in [1.29, 1.82) is 0 Å². The summed E-state index contributed by atoms with van der Waals surface area (Å²) in [5.74, 6) is -2.12. The number of halogens is 2. The first-order chi connectivity index (χ1) is 10.2. The molecular weight excluding hydrogens is 327 g/mol. The van der Waals surface area contributed by atoms with Crippen molar-refractivity contribution in [2.24, 2.45) is 11.3 Å². The smallest absolute Gasteiger partial charge is 0.188 e. The lowest BCUT2D eigenvalue weighted by atomic mass is 9.70. The van der Waals surface area contributed by atoms with Crippen LogP contribution in [0.5, 0.6) is 5.75 Å². The van der Waals surface area contributed by atoms with Crippen LogP contribution in [0.15, 0.2) is 18.2 Å². The Kier molecular flexibility index (Phi) is 4.93. The molecule has 1 saturated carbocycles. The van der Waals surface area contributed by atoms with E-state index < -0.39 is 11.7 Å². The predicted octanol–water partition coefficient (Wildman–Crippen LogP) is 3.52. The number of carbonyl (C=O) groups excluding carboxylic acids is 3. The highest BCUT2D eigenvalue weighted by molar-refractivity contribution is 6.35. The molecule has 1 aromatic rings. The number of benzene rings is 1. The average Bonchev–Trinajstić information content (AvgIpc) is 2.35. The summed E-state index contributed by atoms with van der Waals surface area (Å²) in [7, 11) is 0. The molecule has 0 aliphatic heterocycles. The fraction of sp³-hybridized carbons (Fsp3) is 0.438. The van der Waals surface area contributed by atoms with E-state index in [4.69, 9.17) is 27.9 Å². The van der Waals surface area contributed by atoms with Crippen molar-refractivity contribution in [2.75, 3.05) is 6.61 Å². The molecule has 0 saturated heterocycles. The molecule has 0 spiro atoms. The molecule has 6 heteroatoms. The topological polar surface area (TPSA) is 60.4 Å². The fourth-order valence-electron chi connectivity index (χ4n) is 2.57. The number of ketones is 3. The summed E-state index contributed by atoms with van der Waals surface area (Å²) in [4.78, 5) is 36.2. The Morgan fingerprint density at radius 3 is 2.36 bits per heavy atom. The highest BCUT2D eigenvalue weighted by Gasteiger charge is 2.43. The summed E-state index contributed by atoms with van der Waals surface area (Å²) >= 11 is 11.7. The van der Waals surface area contributed by atoms with Gasteiger partial charge < -0.3 is 4.74 Å². The van der Waals surface area contributed by atoms with Crippen LogP contribution in [0.4, 0.5) is 0 Å². The van der Waals surface area contributed by atoms with Gasteiger partial charge in [0.15, 0.2) is 17.3 Å². The Balaban J connectivity index is 2.03. The Labute approximate surface area is 138 Å². The van der Waals surface area contributed by atoms with Crippen molar-refractivity contribution in [3.63, 3.8) is 0 Å². The van der Waals surface area contributed by atoms with Crippen LogP contribution in [0.2, 0.25) is 10.0 Å². The molecular formula is C16H16Cl2O4. The molecule has 0 amide bonds. The summed E-state index contributed by atoms with van der Waals surface area (Å²) in [6.45, 7) is 3.31. The second kappa shape index (κ2) is 6.39. The van der Waals surface area contributed by atoms with Crippen LogP contribution < -0.4 is 4.74 Å². The van der Waals surface area contributed by atoms with E-state index in [1.807, 2.05) is 13.8 Å². The van der Waals surface area contributed by atoms with Crippen LogP contribution >= 0.6 is 23.2 Å². The molecule has 0 atom stereocenters. The average molecular weight is 343 g/mol. The Morgan fingerprint density at radius 2 is 1.82 bits per heavy atom. The molecule has 0 heterocycles. The minimum Gasteiger partial charge on any atom is -0.484 e. The van der Waals surface area contributed by atoms with Gasteiger partial charge in [-0.1, -0.05) is 37.0 Å². The van der Waals surface area contributed by atoms with Gasteiger partial charge in [0.05, 0.1) is 5.02 Å². The molecule has 118 valence electrons. The summed E-state index contributed by atoms with van der Waals surface area (Å²) < 4.78 is 5.31. The molecule has 22 heavy (non-hydrogen) atoms. The lowest BCUT2D eigenvalue weighted by molar-refractivity contribution is -0.145. The molecule has 1 aliphatic rings. The van der Waals surface area contributed by atoms with Crippen molar-refractivity contribution >= 4 is 40.6 Å². The van der Waals surface area contributed by atoms with Gasteiger partial charge in [-0.3, -0.25) is 14.4 Å². The maximum absolute atomic E-state index is 12.1. The number of ether oxygens (including phenoxy) is 1.